The molecule has 0 saturated carbocycles. The first-order chi connectivity index (χ1) is 7.49. The van der Waals surface area contributed by atoms with Crippen molar-refractivity contribution >= 4 is 35.8 Å². The topological polar surface area (TPSA) is 55.1 Å². The molecule has 1 amide bonds. The summed E-state index contributed by atoms with van der Waals surface area (Å²) in [7, 11) is 0. The molecule has 0 bridgehead atoms. The second-order valence-electron chi connectivity index (χ2n) is 4.27. The Kier molecular flexibility index (Phi) is 6.60. The van der Waals surface area contributed by atoms with E-state index in [9.17, 15) is 4.79 Å². The molecule has 0 aliphatic rings. The van der Waals surface area contributed by atoms with Crippen LogP contribution in [0.15, 0.2) is 29.2 Å². The first-order valence-electron chi connectivity index (χ1n) is 5.15. The molecule has 0 spiro atoms. The third-order valence-electron chi connectivity index (χ3n) is 2.45. The molecule has 17 heavy (non-hydrogen) atoms. The molecule has 0 aliphatic carbocycles. The quantitative estimate of drug-likeness (QED) is 0.830. The predicted octanol–water partition coefficient (Wildman–Crippen LogP) is 2.75. The molecule has 0 radical (unpaired) electrons. The number of rotatable bonds is 4. The first-order valence-corrected chi connectivity index (χ1v) is 6.37. The van der Waals surface area contributed by atoms with Crippen molar-refractivity contribution in [1.29, 1.82) is 0 Å². The van der Waals surface area contributed by atoms with Gasteiger partial charge in [-0.15, -0.1) is 24.2 Å². The van der Waals surface area contributed by atoms with Gasteiger partial charge in [-0.2, -0.15) is 0 Å². The van der Waals surface area contributed by atoms with Crippen molar-refractivity contribution in [1.82, 2.24) is 0 Å². The fourth-order valence-electron chi connectivity index (χ4n) is 1.09. The highest BCUT2D eigenvalue weighted by Crippen LogP contribution is 2.21. The van der Waals surface area contributed by atoms with Crippen molar-refractivity contribution in [2.24, 2.45) is 11.1 Å². The number of benzene rings is 1. The van der Waals surface area contributed by atoms with E-state index in [1.54, 1.807) is 11.8 Å². The molecule has 0 fully saturated rings. The third kappa shape index (κ3) is 4.58. The molecule has 5 heteroatoms. The Labute approximate surface area is 113 Å². The van der Waals surface area contributed by atoms with Crippen LogP contribution in [0.5, 0.6) is 0 Å². The van der Waals surface area contributed by atoms with Gasteiger partial charge in [-0.25, -0.2) is 0 Å². The predicted molar refractivity (Wildman–Crippen MR) is 76.9 cm³/mol. The molecule has 3 nitrogen and oxygen atoms in total. The minimum atomic E-state index is -0.532. The highest BCUT2D eigenvalue weighted by atomic mass is 35.5. The maximum atomic E-state index is 11.9. The van der Waals surface area contributed by atoms with Gasteiger partial charge >= 0.3 is 0 Å². The molecule has 0 aliphatic heterocycles. The molecule has 0 atom stereocenters. The van der Waals surface area contributed by atoms with E-state index in [0.29, 0.717) is 6.54 Å². The number of hydrogen-bond acceptors (Lipinski definition) is 3. The van der Waals surface area contributed by atoms with Crippen molar-refractivity contribution in [3.63, 3.8) is 0 Å². The fraction of sp³-hybridized carbons (Fsp3) is 0.417. The molecule has 0 heterocycles. The van der Waals surface area contributed by atoms with Gasteiger partial charge in [-0.1, -0.05) is 6.07 Å². The van der Waals surface area contributed by atoms with E-state index in [0.717, 1.165) is 10.6 Å². The maximum Gasteiger partial charge on any atom is 0.231 e. The molecule has 1 rings (SSSR count). The second kappa shape index (κ2) is 6.89. The number of hydrogen-bond donors (Lipinski definition) is 2. The molecule has 96 valence electrons. The molecule has 3 N–H and O–H groups in total. The monoisotopic (exact) mass is 274 g/mol. The van der Waals surface area contributed by atoms with Crippen LogP contribution in [-0.4, -0.2) is 18.7 Å². The Morgan fingerprint density at radius 2 is 2.12 bits per heavy atom. The Hall–Kier alpha value is -0.710. The summed E-state index contributed by atoms with van der Waals surface area (Å²) in [6, 6.07) is 7.77. The van der Waals surface area contributed by atoms with Crippen molar-refractivity contribution in [3.05, 3.63) is 24.3 Å². The van der Waals surface area contributed by atoms with E-state index in [2.05, 4.69) is 5.32 Å². The van der Waals surface area contributed by atoms with E-state index in [-0.39, 0.29) is 18.3 Å². The summed E-state index contributed by atoms with van der Waals surface area (Å²) in [5.74, 6) is -0.0479. The van der Waals surface area contributed by atoms with Crippen LogP contribution in [-0.2, 0) is 4.79 Å². The van der Waals surface area contributed by atoms with Crippen LogP contribution in [0.1, 0.15) is 13.8 Å². The van der Waals surface area contributed by atoms with E-state index < -0.39 is 5.41 Å². The lowest BCUT2D eigenvalue weighted by Gasteiger charge is -2.21. The molecule has 0 saturated heterocycles. The first kappa shape index (κ1) is 16.3. The summed E-state index contributed by atoms with van der Waals surface area (Å²) in [6.45, 7) is 4.00. The molecule has 0 unspecified atom stereocenters. The second-order valence-corrected chi connectivity index (χ2v) is 5.15. The number of carbonyl (C=O) groups is 1. The normalized spacial score (nSPS) is 10.6. The summed E-state index contributed by atoms with van der Waals surface area (Å²) in [4.78, 5) is 13.0. The van der Waals surface area contributed by atoms with Crippen LogP contribution in [0.4, 0.5) is 5.69 Å². The van der Waals surface area contributed by atoms with Crippen LogP contribution < -0.4 is 11.1 Å². The van der Waals surface area contributed by atoms with Crippen LogP contribution in [0.2, 0.25) is 0 Å². The summed E-state index contributed by atoms with van der Waals surface area (Å²) in [5, 5.41) is 2.88. The summed E-state index contributed by atoms with van der Waals surface area (Å²) < 4.78 is 0. The van der Waals surface area contributed by atoms with Gasteiger partial charge in [0.25, 0.3) is 0 Å². The van der Waals surface area contributed by atoms with Crippen molar-refractivity contribution in [2.75, 3.05) is 18.1 Å². The van der Waals surface area contributed by atoms with Crippen molar-refractivity contribution in [2.45, 2.75) is 18.7 Å². The van der Waals surface area contributed by atoms with E-state index >= 15 is 0 Å². The summed E-state index contributed by atoms with van der Waals surface area (Å²) in [6.07, 6.45) is 2.00. The average molecular weight is 275 g/mol. The Bertz CT molecular complexity index is 383. The minimum Gasteiger partial charge on any atom is -0.329 e. The van der Waals surface area contributed by atoms with Gasteiger partial charge in [-0.3, -0.25) is 4.79 Å². The number of nitrogens with one attached hydrogen (secondary N) is 1. The zero-order chi connectivity index (χ0) is 12.2. The lowest BCUT2D eigenvalue weighted by molar-refractivity contribution is -0.123. The zero-order valence-electron chi connectivity index (χ0n) is 10.3. The number of halogens is 1. The van der Waals surface area contributed by atoms with E-state index in [4.69, 9.17) is 5.73 Å². The Morgan fingerprint density at radius 3 is 2.65 bits per heavy atom. The maximum absolute atomic E-state index is 11.9. The molecule has 1 aromatic rings. The van der Waals surface area contributed by atoms with Crippen molar-refractivity contribution < 1.29 is 4.79 Å². The van der Waals surface area contributed by atoms with E-state index in [1.807, 2.05) is 44.4 Å². The zero-order valence-corrected chi connectivity index (χ0v) is 12.0. The number of carbonyl (C=O) groups excluding carboxylic acids is 1. The molecular weight excluding hydrogens is 256 g/mol. The highest BCUT2D eigenvalue weighted by molar-refractivity contribution is 7.98. The number of amides is 1. The number of nitrogens with two attached hydrogens (primary N) is 1. The Morgan fingerprint density at radius 1 is 1.47 bits per heavy atom. The lowest BCUT2D eigenvalue weighted by Crippen LogP contribution is -2.37. The van der Waals surface area contributed by atoms with Crippen LogP contribution >= 0.6 is 24.2 Å². The summed E-state index contributed by atoms with van der Waals surface area (Å²) in [5.41, 5.74) is 5.84. The van der Waals surface area contributed by atoms with Gasteiger partial charge in [0.15, 0.2) is 0 Å². The molecular formula is C12H19ClN2OS. The SMILES string of the molecule is CSc1cccc(NC(=O)C(C)(C)CN)c1.Cl. The number of thioether (sulfide) groups is 1. The van der Waals surface area contributed by atoms with Gasteiger partial charge in [0.1, 0.15) is 0 Å². The highest BCUT2D eigenvalue weighted by Gasteiger charge is 2.25. The van der Waals surface area contributed by atoms with Gasteiger partial charge in [0.05, 0.1) is 5.41 Å². The lowest BCUT2D eigenvalue weighted by atomic mass is 9.92. The van der Waals surface area contributed by atoms with E-state index in [1.165, 1.54) is 0 Å². The Balaban J connectivity index is 0.00000256. The van der Waals surface area contributed by atoms with Gasteiger partial charge in [0.2, 0.25) is 5.91 Å². The minimum absolute atomic E-state index is 0. The number of anilines is 1. The van der Waals surface area contributed by atoms with Gasteiger partial charge in [-0.05, 0) is 38.3 Å². The van der Waals surface area contributed by atoms with Gasteiger partial charge in [0, 0.05) is 17.1 Å². The van der Waals surface area contributed by atoms with Crippen LogP contribution in [0.3, 0.4) is 0 Å². The smallest absolute Gasteiger partial charge is 0.231 e. The standard InChI is InChI=1S/C12H18N2OS.ClH/c1-12(2,8-13)11(15)14-9-5-4-6-10(7-9)16-3;/h4-7H,8,13H2,1-3H3,(H,14,15);1H. The van der Waals surface area contributed by atoms with Crippen LogP contribution in [0, 0.1) is 5.41 Å². The third-order valence-corrected chi connectivity index (χ3v) is 3.18. The average Bonchev–Trinajstić information content (AvgIpc) is 2.29. The summed E-state index contributed by atoms with van der Waals surface area (Å²) >= 11 is 1.65. The van der Waals surface area contributed by atoms with Crippen LogP contribution in [0.25, 0.3) is 0 Å². The van der Waals surface area contributed by atoms with Crippen molar-refractivity contribution in [3.8, 4) is 0 Å². The molecule has 1 aromatic carbocycles. The van der Waals surface area contributed by atoms with Gasteiger partial charge < -0.3 is 11.1 Å². The fourth-order valence-corrected chi connectivity index (χ4v) is 1.55. The largest absolute Gasteiger partial charge is 0.329 e. The molecule has 0 aromatic heterocycles.